The van der Waals surface area contributed by atoms with E-state index in [1.807, 2.05) is 6.92 Å². The second-order valence-electron chi connectivity index (χ2n) is 5.96. The van der Waals surface area contributed by atoms with Gasteiger partial charge in [0, 0.05) is 11.8 Å². The molecular formula is C19H18N6O3. The Morgan fingerprint density at radius 3 is 2.54 bits per heavy atom. The first-order chi connectivity index (χ1) is 13.5. The first-order valence-corrected chi connectivity index (χ1v) is 8.37. The maximum Gasteiger partial charge on any atom is 0.337 e. The number of hydrogen-bond acceptors (Lipinski definition) is 8. The number of esters is 1. The number of rotatable bonds is 6. The molecule has 0 bridgehead atoms. The number of carbonyl (C=O) groups is 1. The molecule has 0 fully saturated rings. The zero-order valence-electron chi connectivity index (χ0n) is 15.6. The molecule has 0 aliphatic rings. The van der Waals surface area contributed by atoms with E-state index in [4.69, 9.17) is 0 Å². The number of nitrogens with one attached hydrogen (secondary N) is 2. The molecule has 0 unspecified atom stereocenters. The van der Waals surface area contributed by atoms with Gasteiger partial charge in [-0.2, -0.15) is 5.10 Å². The molecule has 142 valence electrons. The number of nitroso groups, excluding NO2 is 1. The molecule has 3 rings (SSSR count). The molecule has 1 aromatic carbocycles. The van der Waals surface area contributed by atoms with Crippen molar-refractivity contribution >= 4 is 35.4 Å². The molecule has 0 saturated carbocycles. The SMILES string of the molecule is COC(=O)c1ccc(/C=C/c2nc(C)c(N=O)c(Nc3cc(C)[nH]n3)n2)cc1. The van der Waals surface area contributed by atoms with Gasteiger partial charge < -0.3 is 10.1 Å². The van der Waals surface area contributed by atoms with E-state index < -0.39 is 5.97 Å². The van der Waals surface area contributed by atoms with Crippen LogP contribution in [0.4, 0.5) is 17.3 Å². The summed E-state index contributed by atoms with van der Waals surface area (Å²) in [7, 11) is 1.34. The van der Waals surface area contributed by atoms with Gasteiger partial charge in [0.15, 0.2) is 23.1 Å². The number of hydrogen-bond donors (Lipinski definition) is 2. The molecule has 0 atom stereocenters. The molecule has 2 heterocycles. The minimum atomic E-state index is -0.393. The number of ether oxygens (including phenoxy) is 1. The molecule has 9 nitrogen and oxygen atoms in total. The van der Waals surface area contributed by atoms with E-state index in [2.05, 4.69) is 35.4 Å². The fourth-order valence-corrected chi connectivity index (χ4v) is 2.48. The van der Waals surface area contributed by atoms with Crippen molar-refractivity contribution in [3.63, 3.8) is 0 Å². The van der Waals surface area contributed by atoms with Crippen LogP contribution in [0, 0.1) is 18.8 Å². The monoisotopic (exact) mass is 378 g/mol. The van der Waals surface area contributed by atoms with Crippen LogP contribution in [0.15, 0.2) is 35.5 Å². The van der Waals surface area contributed by atoms with E-state index in [0.29, 0.717) is 22.9 Å². The van der Waals surface area contributed by atoms with Crippen molar-refractivity contribution in [2.75, 3.05) is 12.4 Å². The minimum Gasteiger partial charge on any atom is -0.465 e. The fourth-order valence-electron chi connectivity index (χ4n) is 2.48. The van der Waals surface area contributed by atoms with Crippen LogP contribution in [-0.2, 0) is 4.74 Å². The quantitative estimate of drug-likeness (QED) is 0.492. The van der Waals surface area contributed by atoms with Crippen LogP contribution < -0.4 is 5.32 Å². The highest BCUT2D eigenvalue weighted by molar-refractivity contribution is 5.89. The van der Waals surface area contributed by atoms with Gasteiger partial charge in [-0.25, -0.2) is 14.8 Å². The topological polar surface area (TPSA) is 122 Å². The maximum atomic E-state index is 11.5. The van der Waals surface area contributed by atoms with E-state index in [1.165, 1.54) is 7.11 Å². The van der Waals surface area contributed by atoms with Crippen molar-refractivity contribution in [2.24, 2.45) is 5.18 Å². The van der Waals surface area contributed by atoms with E-state index in [1.54, 1.807) is 49.4 Å². The van der Waals surface area contributed by atoms with Gasteiger partial charge in [0.25, 0.3) is 0 Å². The molecule has 2 N–H and O–H groups in total. The minimum absolute atomic E-state index is 0.125. The van der Waals surface area contributed by atoms with Gasteiger partial charge in [-0.1, -0.05) is 18.2 Å². The van der Waals surface area contributed by atoms with E-state index >= 15 is 0 Å². The second kappa shape index (κ2) is 8.21. The number of carbonyl (C=O) groups excluding carboxylic acids is 1. The van der Waals surface area contributed by atoms with Crippen molar-refractivity contribution in [3.05, 3.63) is 63.6 Å². The molecule has 0 radical (unpaired) electrons. The summed E-state index contributed by atoms with van der Waals surface area (Å²) < 4.78 is 4.68. The molecule has 2 aromatic heterocycles. The van der Waals surface area contributed by atoms with E-state index in [9.17, 15) is 9.70 Å². The lowest BCUT2D eigenvalue weighted by atomic mass is 10.1. The van der Waals surface area contributed by atoms with Gasteiger partial charge in [0.1, 0.15) is 0 Å². The zero-order chi connectivity index (χ0) is 20.1. The van der Waals surface area contributed by atoms with Crippen LogP contribution in [0.1, 0.15) is 33.1 Å². The van der Waals surface area contributed by atoms with Gasteiger partial charge in [0.05, 0.1) is 18.4 Å². The lowest BCUT2D eigenvalue weighted by Gasteiger charge is -2.07. The van der Waals surface area contributed by atoms with Gasteiger partial charge in [-0.15, -0.1) is 4.91 Å². The molecule has 0 aliphatic heterocycles. The lowest BCUT2D eigenvalue weighted by Crippen LogP contribution is -2.01. The number of aromatic amines is 1. The Balaban J connectivity index is 1.86. The Hall–Kier alpha value is -3.88. The van der Waals surface area contributed by atoms with Crippen LogP contribution in [0.25, 0.3) is 12.2 Å². The summed E-state index contributed by atoms with van der Waals surface area (Å²) in [5, 5.41) is 12.9. The molecule has 28 heavy (non-hydrogen) atoms. The first-order valence-electron chi connectivity index (χ1n) is 8.37. The summed E-state index contributed by atoms with van der Waals surface area (Å²) in [6.07, 6.45) is 3.50. The largest absolute Gasteiger partial charge is 0.465 e. The Kier molecular flexibility index (Phi) is 5.54. The van der Waals surface area contributed by atoms with Crippen LogP contribution in [0.2, 0.25) is 0 Å². The Labute approximate surface area is 160 Å². The number of methoxy groups -OCH3 is 1. The maximum absolute atomic E-state index is 11.5. The Bertz CT molecular complexity index is 1040. The predicted molar refractivity (Wildman–Crippen MR) is 106 cm³/mol. The van der Waals surface area contributed by atoms with E-state index in [-0.39, 0.29) is 11.5 Å². The predicted octanol–water partition coefficient (Wildman–Crippen LogP) is 3.92. The summed E-state index contributed by atoms with van der Waals surface area (Å²) in [5.74, 6) is 0.802. The van der Waals surface area contributed by atoms with Gasteiger partial charge >= 0.3 is 5.97 Å². The molecule has 0 spiro atoms. The van der Waals surface area contributed by atoms with Gasteiger partial charge in [0.2, 0.25) is 0 Å². The van der Waals surface area contributed by atoms with Crippen LogP contribution >= 0.6 is 0 Å². The average molecular weight is 378 g/mol. The summed E-state index contributed by atoms with van der Waals surface area (Å²) in [5.41, 5.74) is 2.75. The summed E-state index contributed by atoms with van der Waals surface area (Å²) in [6.45, 7) is 3.55. The zero-order valence-corrected chi connectivity index (χ0v) is 15.6. The highest BCUT2D eigenvalue weighted by Crippen LogP contribution is 2.28. The van der Waals surface area contributed by atoms with Crippen molar-refractivity contribution in [3.8, 4) is 0 Å². The third kappa shape index (κ3) is 4.26. The van der Waals surface area contributed by atoms with Crippen LogP contribution in [-0.4, -0.2) is 33.2 Å². The number of aromatic nitrogens is 4. The third-order valence-electron chi connectivity index (χ3n) is 3.88. The highest BCUT2D eigenvalue weighted by Gasteiger charge is 2.13. The molecular weight excluding hydrogens is 360 g/mol. The van der Waals surface area contributed by atoms with Crippen LogP contribution in [0.5, 0.6) is 0 Å². The third-order valence-corrected chi connectivity index (χ3v) is 3.88. The average Bonchev–Trinajstić information content (AvgIpc) is 3.10. The standard InChI is InChI=1S/C19H18N6O3/c1-11-10-16(24-23-11)22-18-17(25-27)12(2)20-15(21-18)9-6-13-4-7-14(8-5-13)19(26)28-3/h4-10H,1-3H3,(H2,20,21,22,23,24)/b9-6+. The molecule has 9 heteroatoms. The van der Waals surface area contributed by atoms with Crippen molar-refractivity contribution in [1.82, 2.24) is 20.2 Å². The molecule has 0 amide bonds. The summed E-state index contributed by atoms with van der Waals surface area (Å²) in [4.78, 5) is 31.3. The van der Waals surface area contributed by atoms with Gasteiger partial charge in [-0.05, 0) is 42.8 Å². The Morgan fingerprint density at radius 2 is 1.93 bits per heavy atom. The molecule has 0 aliphatic carbocycles. The number of nitrogens with zero attached hydrogens (tertiary/aromatic N) is 4. The lowest BCUT2D eigenvalue weighted by molar-refractivity contribution is 0.0600. The Morgan fingerprint density at radius 1 is 1.18 bits per heavy atom. The smallest absolute Gasteiger partial charge is 0.337 e. The van der Waals surface area contributed by atoms with Crippen molar-refractivity contribution in [2.45, 2.75) is 13.8 Å². The highest BCUT2D eigenvalue weighted by atomic mass is 16.5. The van der Waals surface area contributed by atoms with Crippen LogP contribution in [0.3, 0.4) is 0 Å². The van der Waals surface area contributed by atoms with E-state index in [0.717, 1.165) is 11.3 Å². The van der Waals surface area contributed by atoms with Crippen molar-refractivity contribution in [1.29, 1.82) is 0 Å². The number of H-pyrrole nitrogens is 1. The summed E-state index contributed by atoms with van der Waals surface area (Å²) >= 11 is 0. The van der Waals surface area contributed by atoms with Crippen molar-refractivity contribution < 1.29 is 9.53 Å². The number of benzene rings is 1. The first kappa shape index (κ1) is 18.9. The molecule has 0 saturated heterocycles. The fraction of sp³-hybridized carbons (Fsp3) is 0.158. The normalized spacial score (nSPS) is 10.8. The summed E-state index contributed by atoms with van der Waals surface area (Å²) in [6, 6.07) is 8.68. The number of anilines is 2. The second-order valence-corrected chi connectivity index (χ2v) is 5.96. The number of aryl methyl sites for hydroxylation is 2. The molecule has 3 aromatic rings. The van der Waals surface area contributed by atoms with Gasteiger partial charge in [-0.3, -0.25) is 5.10 Å².